The first-order chi connectivity index (χ1) is 12.0. The van der Waals surface area contributed by atoms with Gasteiger partial charge in [0.2, 0.25) is 10.0 Å². The van der Waals surface area contributed by atoms with E-state index in [0.717, 1.165) is 5.56 Å². The molecule has 0 aliphatic heterocycles. The number of nitrogens with zero attached hydrogens (tertiary/aromatic N) is 2. The summed E-state index contributed by atoms with van der Waals surface area (Å²) in [6, 6.07) is 7.98. The smallest absolute Gasteiger partial charge is 0.244 e. The van der Waals surface area contributed by atoms with Crippen molar-refractivity contribution >= 4 is 33.0 Å². The lowest BCUT2D eigenvalue weighted by atomic mass is 10.1. The van der Waals surface area contributed by atoms with Crippen LogP contribution in [0.4, 0.5) is 0 Å². The van der Waals surface area contributed by atoms with Crippen molar-refractivity contribution in [3.8, 4) is 5.75 Å². The molecule has 0 radical (unpaired) electrons. The van der Waals surface area contributed by atoms with Gasteiger partial charge in [-0.25, -0.2) is 13.1 Å². The molecule has 0 unspecified atom stereocenters. The summed E-state index contributed by atoms with van der Waals surface area (Å²) in [5.74, 6) is 0.239. The molecule has 9 heteroatoms. The molecular formula is C16H16ClN3O3S2. The molecule has 1 aromatic carbocycles. The fraction of sp³-hybridized carbons (Fsp3) is 0.188. The van der Waals surface area contributed by atoms with Gasteiger partial charge in [0, 0.05) is 24.0 Å². The van der Waals surface area contributed by atoms with Crippen LogP contribution in [0.3, 0.4) is 0 Å². The molecule has 3 rings (SSSR count). The van der Waals surface area contributed by atoms with Crippen molar-refractivity contribution < 1.29 is 13.2 Å². The lowest BCUT2D eigenvalue weighted by Gasteiger charge is -2.18. The monoisotopic (exact) mass is 397 g/mol. The quantitative estimate of drug-likeness (QED) is 0.664. The van der Waals surface area contributed by atoms with Crippen molar-refractivity contribution in [1.29, 1.82) is 0 Å². The third-order valence-electron chi connectivity index (χ3n) is 3.65. The molecular weight excluding hydrogens is 382 g/mol. The highest BCUT2D eigenvalue weighted by molar-refractivity contribution is 7.89. The van der Waals surface area contributed by atoms with Gasteiger partial charge in [-0.15, -0.1) is 0 Å². The van der Waals surface area contributed by atoms with Crippen LogP contribution in [0, 0.1) is 0 Å². The Bertz CT molecular complexity index is 891. The molecule has 2 heterocycles. The van der Waals surface area contributed by atoms with Crippen molar-refractivity contribution in [2.75, 3.05) is 13.7 Å². The maximum absolute atomic E-state index is 12.7. The van der Waals surface area contributed by atoms with E-state index in [4.69, 9.17) is 16.3 Å². The minimum atomic E-state index is -3.80. The Labute approximate surface area is 155 Å². The summed E-state index contributed by atoms with van der Waals surface area (Å²) in [7, 11) is -2.38. The molecule has 1 N–H and O–H groups in total. The van der Waals surface area contributed by atoms with E-state index in [2.05, 4.69) is 9.82 Å². The predicted molar refractivity (Wildman–Crippen MR) is 97.9 cm³/mol. The number of halogens is 1. The summed E-state index contributed by atoms with van der Waals surface area (Å²) < 4.78 is 35.0. The third-order valence-corrected chi connectivity index (χ3v) is 6.04. The second kappa shape index (κ2) is 7.57. The Hall–Kier alpha value is -1.87. The predicted octanol–water partition coefficient (Wildman–Crippen LogP) is 3.17. The standard InChI is InChI=1S/C16H16ClN3O3S2/c1-23-15-4-3-13(17)9-16(15)25(21,22)19-10-14(12-5-8-24-11-12)20-7-2-6-18-20/h2-9,11,14,19H,10H2,1H3/t14-/m1/s1. The topological polar surface area (TPSA) is 73.2 Å². The average molecular weight is 398 g/mol. The number of benzene rings is 1. The summed E-state index contributed by atoms with van der Waals surface area (Å²) >= 11 is 7.49. The minimum absolute atomic E-state index is 0.00651. The van der Waals surface area contributed by atoms with Crippen LogP contribution >= 0.6 is 22.9 Å². The molecule has 0 amide bonds. The zero-order chi connectivity index (χ0) is 17.9. The highest BCUT2D eigenvalue weighted by Gasteiger charge is 2.23. The van der Waals surface area contributed by atoms with Gasteiger partial charge in [-0.1, -0.05) is 11.6 Å². The van der Waals surface area contributed by atoms with Crippen LogP contribution in [0.5, 0.6) is 5.75 Å². The Morgan fingerprint density at radius 1 is 1.40 bits per heavy atom. The Kier molecular flexibility index (Phi) is 5.43. The molecule has 1 atom stereocenters. The van der Waals surface area contributed by atoms with E-state index in [1.807, 2.05) is 16.8 Å². The van der Waals surface area contributed by atoms with E-state index >= 15 is 0 Å². The molecule has 0 saturated carbocycles. The number of methoxy groups -OCH3 is 1. The minimum Gasteiger partial charge on any atom is -0.495 e. The lowest BCUT2D eigenvalue weighted by molar-refractivity contribution is 0.402. The van der Waals surface area contributed by atoms with Crippen molar-refractivity contribution in [3.63, 3.8) is 0 Å². The molecule has 0 saturated heterocycles. The van der Waals surface area contributed by atoms with Gasteiger partial charge in [-0.05, 0) is 46.7 Å². The summed E-state index contributed by atoms with van der Waals surface area (Å²) in [4.78, 5) is 0.00651. The number of nitrogens with one attached hydrogen (secondary N) is 1. The van der Waals surface area contributed by atoms with Crippen LogP contribution in [-0.4, -0.2) is 31.9 Å². The van der Waals surface area contributed by atoms with Crippen LogP contribution in [0.2, 0.25) is 5.02 Å². The first kappa shape index (κ1) is 17.9. The molecule has 2 aromatic heterocycles. The normalized spacial score (nSPS) is 12.9. The van der Waals surface area contributed by atoms with Gasteiger partial charge >= 0.3 is 0 Å². The Morgan fingerprint density at radius 3 is 2.88 bits per heavy atom. The molecule has 0 aliphatic carbocycles. The van der Waals surface area contributed by atoms with Crippen molar-refractivity contribution in [1.82, 2.24) is 14.5 Å². The highest BCUT2D eigenvalue weighted by Crippen LogP contribution is 2.27. The molecule has 6 nitrogen and oxygen atoms in total. The van der Waals surface area contributed by atoms with Crippen LogP contribution < -0.4 is 9.46 Å². The number of hydrogen-bond acceptors (Lipinski definition) is 5. The van der Waals surface area contributed by atoms with Gasteiger partial charge in [-0.2, -0.15) is 16.4 Å². The van der Waals surface area contributed by atoms with E-state index in [1.54, 1.807) is 40.5 Å². The zero-order valence-electron chi connectivity index (χ0n) is 13.3. The number of rotatable bonds is 7. The van der Waals surface area contributed by atoms with Gasteiger partial charge in [-0.3, -0.25) is 4.68 Å². The Balaban J connectivity index is 1.87. The van der Waals surface area contributed by atoms with Crippen molar-refractivity contribution in [2.45, 2.75) is 10.9 Å². The van der Waals surface area contributed by atoms with E-state index in [-0.39, 0.29) is 23.2 Å². The van der Waals surface area contributed by atoms with Gasteiger partial charge in [0.25, 0.3) is 0 Å². The molecule has 0 bridgehead atoms. The summed E-state index contributed by atoms with van der Waals surface area (Å²) in [6.07, 6.45) is 3.46. The highest BCUT2D eigenvalue weighted by atomic mass is 35.5. The maximum Gasteiger partial charge on any atom is 0.244 e. The van der Waals surface area contributed by atoms with Gasteiger partial charge in [0.05, 0.1) is 13.2 Å². The fourth-order valence-electron chi connectivity index (χ4n) is 2.42. The number of sulfonamides is 1. The van der Waals surface area contributed by atoms with E-state index < -0.39 is 10.0 Å². The van der Waals surface area contributed by atoms with Gasteiger partial charge in [0.15, 0.2) is 0 Å². The average Bonchev–Trinajstić information content (AvgIpc) is 3.29. The second-order valence-electron chi connectivity index (χ2n) is 5.21. The zero-order valence-corrected chi connectivity index (χ0v) is 15.7. The van der Waals surface area contributed by atoms with Crippen LogP contribution in [0.15, 0.2) is 58.4 Å². The summed E-state index contributed by atoms with van der Waals surface area (Å²) in [5, 5.41) is 8.47. The van der Waals surface area contributed by atoms with Gasteiger partial charge in [0.1, 0.15) is 10.6 Å². The fourth-order valence-corrected chi connectivity index (χ4v) is 4.60. The lowest BCUT2D eigenvalue weighted by Crippen LogP contribution is -2.31. The summed E-state index contributed by atoms with van der Waals surface area (Å²) in [5.41, 5.74) is 0.981. The van der Waals surface area contributed by atoms with Crippen LogP contribution in [-0.2, 0) is 10.0 Å². The van der Waals surface area contributed by atoms with E-state index in [1.165, 1.54) is 19.2 Å². The third kappa shape index (κ3) is 4.04. The first-order valence-corrected chi connectivity index (χ1v) is 10.2. The van der Waals surface area contributed by atoms with Gasteiger partial charge < -0.3 is 4.74 Å². The molecule has 0 aliphatic rings. The van der Waals surface area contributed by atoms with E-state index in [0.29, 0.717) is 5.02 Å². The molecule has 3 aromatic rings. The largest absolute Gasteiger partial charge is 0.495 e. The SMILES string of the molecule is COc1ccc(Cl)cc1S(=O)(=O)NC[C@H](c1ccsc1)n1cccn1. The molecule has 25 heavy (non-hydrogen) atoms. The number of aromatic nitrogens is 2. The first-order valence-electron chi connectivity index (χ1n) is 7.35. The van der Waals surface area contributed by atoms with Crippen molar-refractivity contribution in [2.24, 2.45) is 0 Å². The Morgan fingerprint density at radius 2 is 2.24 bits per heavy atom. The van der Waals surface area contributed by atoms with Crippen molar-refractivity contribution in [3.05, 3.63) is 64.1 Å². The van der Waals surface area contributed by atoms with Crippen LogP contribution in [0.25, 0.3) is 0 Å². The number of ether oxygens (including phenoxy) is 1. The second-order valence-corrected chi connectivity index (χ2v) is 8.16. The summed E-state index contributed by atoms with van der Waals surface area (Å²) in [6.45, 7) is 0.149. The van der Waals surface area contributed by atoms with E-state index in [9.17, 15) is 8.42 Å². The maximum atomic E-state index is 12.7. The molecule has 0 fully saturated rings. The number of hydrogen-bond donors (Lipinski definition) is 1. The number of thiophene rings is 1. The molecule has 0 spiro atoms. The van der Waals surface area contributed by atoms with Crippen LogP contribution in [0.1, 0.15) is 11.6 Å². The molecule has 132 valence electrons.